The lowest BCUT2D eigenvalue weighted by atomic mass is 9.89. The van der Waals surface area contributed by atoms with Crippen molar-refractivity contribution in [3.05, 3.63) is 17.3 Å². The van der Waals surface area contributed by atoms with E-state index in [0.29, 0.717) is 0 Å². The monoisotopic (exact) mass is 291 g/mol. The van der Waals surface area contributed by atoms with E-state index < -0.39 is 0 Å². The summed E-state index contributed by atoms with van der Waals surface area (Å²) in [7, 11) is 1.70. The highest BCUT2D eigenvalue weighted by molar-refractivity contribution is 7.15. The zero-order valence-electron chi connectivity index (χ0n) is 11.8. The Bertz CT molecular complexity index is 605. The fraction of sp³-hybridized carbons (Fsp3) is 0.667. The summed E-state index contributed by atoms with van der Waals surface area (Å²) in [6.45, 7) is 1.98. The number of aromatic nitrogens is 2. The summed E-state index contributed by atoms with van der Waals surface area (Å²) in [5.41, 5.74) is 1.15. The maximum Gasteiger partial charge on any atom is 0.237 e. The van der Waals surface area contributed by atoms with E-state index in [-0.39, 0.29) is 0 Å². The van der Waals surface area contributed by atoms with Gasteiger partial charge in [-0.3, -0.25) is 4.40 Å². The number of thiazole rings is 1. The zero-order chi connectivity index (χ0) is 13.5. The molecule has 5 heteroatoms. The molecule has 2 aromatic rings. The molecule has 0 amide bonds. The Balaban J connectivity index is 1.41. The Morgan fingerprint density at radius 1 is 1.45 bits per heavy atom. The van der Waals surface area contributed by atoms with Crippen molar-refractivity contribution in [3.63, 3.8) is 0 Å². The van der Waals surface area contributed by atoms with Crippen LogP contribution >= 0.6 is 11.3 Å². The molecule has 2 aromatic heterocycles. The number of imidazole rings is 1. The number of rotatable bonds is 5. The Labute approximate surface area is 123 Å². The van der Waals surface area contributed by atoms with E-state index in [2.05, 4.69) is 26.3 Å². The summed E-state index contributed by atoms with van der Waals surface area (Å²) < 4.78 is 7.53. The predicted octanol–water partition coefficient (Wildman–Crippen LogP) is 2.93. The smallest absolute Gasteiger partial charge is 0.237 e. The van der Waals surface area contributed by atoms with Crippen LogP contribution in [0.1, 0.15) is 31.4 Å². The Morgan fingerprint density at radius 3 is 3.15 bits per heavy atom. The van der Waals surface area contributed by atoms with Crippen molar-refractivity contribution in [2.75, 3.05) is 13.7 Å². The second-order valence-electron chi connectivity index (χ2n) is 6.19. The first-order chi connectivity index (χ1) is 9.85. The van der Waals surface area contributed by atoms with Gasteiger partial charge in [-0.25, -0.2) is 0 Å². The minimum Gasteiger partial charge on any atom is -0.480 e. The van der Waals surface area contributed by atoms with Crippen LogP contribution < -0.4 is 10.1 Å². The molecule has 4 nitrogen and oxygen atoms in total. The van der Waals surface area contributed by atoms with Gasteiger partial charge in [0.1, 0.15) is 5.69 Å². The van der Waals surface area contributed by atoms with Gasteiger partial charge in [0.2, 0.25) is 5.88 Å². The summed E-state index contributed by atoms with van der Waals surface area (Å²) in [5, 5.41) is 5.71. The van der Waals surface area contributed by atoms with Crippen LogP contribution in [0.5, 0.6) is 5.88 Å². The molecule has 108 valence electrons. The molecule has 2 aliphatic rings. The van der Waals surface area contributed by atoms with E-state index in [4.69, 9.17) is 4.74 Å². The first kappa shape index (κ1) is 12.7. The lowest BCUT2D eigenvalue weighted by Crippen LogP contribution is -2.26. The van der Waals surface area contributed by atoms with Crippen LogP contribution in [0.2, 0.25) is 0 Å². The molecular formula is C15H21N3OS. The lowest BCUT2D eigenvalue weighted by molar-refractivity contribution is 0.316. The number of hydrogen-bond donors (Lipinski definition) is 1. The fourth-order valence-electron chi connectivity index (χ4n) is 4.14. The molecule has 0 aliphatic heterocycles. The predicted molar refractivity (Wildman–Crippen MR) is 80.3 cm³/mol. The lowest BCUT2D eigenvalue weighted by Gasteiger charge is -2.21. The van der Waals surface area contributed by atoms with Gasteiger partial charge in [-0.15, -0.1) is 11.3 Å². The molecule has 0 spiro atoms. The third-order valence-electron chi connectivity index (χ3n) is 5.10. The second-order valence-corrected chi connectivity index (χ2v) is 7.06. The van der Waals surface area contributed by atoms with Crippen molar-refractivity contribution in [3.8, 4) is 5.88 Å². The van der Waals surface area contributed by atoms with Crippen molar-refractivity contribution in [2.45, 2.75) is 32.2 Å². The first-order valence-electron chi connectivity index (χ1n) is 7.54. The number of fused-ring (bicyclic) bond motifs is 3. The molecule has 0 radical (unpaired) electrons. The molecule has 2 fully saturated rings. The van der Waals surface area contributed by atoms with Gasteiger partial charge in [-0.2, -0.15) is 4.98 Å². The van der Waals surface area contributed by atoms with Crippen molar-refractivity contribution in [1.82, 2.24) is 14.7 Å². The largest absolute Gasteiger partial charge is 0.480 e. The van der Waals surface area contributed by atoms with Gasteiger partial charge < -0.3 is 10.1 Å². The van der Waals surface area contributed by atoms with Gasteiger partial charge in [0, 0.05) is 18.1 Å². The van der Waals surface area contributed by atoms with Crippen LogP contribution in [0, 0.1) is 17.8 Å². The molecule has 0 aromatic carbocycles. The van der Waals surface area contributed by atoms with Crippen molar-refractivity contribution >= 4 is 16.3 Å². The fourth-order valence-corrected chi connectivity index (χ4v) is 4.86. The molecule has 3 unspecified atom stereocenters. The highest BCUT2D eigenvalue weighted by Crippen LogP contribution is 2.47. The van der Waals surface area contributed by atoms with E-state index in [1.807, 2.05) is 0 Å². The van der Waals surface area contributed by atoms with Gasteiger partial charge in [0.25, 0.3) is 0 Å². The highest BCUT2D eigenvalue weighted by atomic mass is 32.1. The SMILES string of the molecule is COc1nc2sccn2c1CNCC1CC2CCC1C2. The van der Waals surface area contributed by atoms with E-state index >= 15 is 0 Å². The average Bonchev–Trinajstić information content (AvgIpc) is 3.19. The Morgan fingerprint density at radius 2 is 2.40 bits per heavy atom. The molecule has 3 atom stereocenters. The molecule has 4 rings (SSSR count). The van der Waals surface area contributed by atoms with Crippen LogP contribution in [0.15, 0.2) is 11.6 Å². The van der Waals surface area contributed by atoms with Gasteiger partial charge in [-0.05, 0) is 43.6 Å². The Kier molecular flexibility index (Phi) is 3.19. The summed E-state index contributed by atoms with van der Waals surface area (Å²) in [6.07, 6.45) is 7.94. The molecule has 2 saturated carbocycles. The summed E-state index contributed by atoms with van der Waals surface area (Å²) in [4.78, 5) is 5.51. The topological polar surface area (TPSA) is 38.6 Å². The highest BCUT2D eigenvalue weighted by Gasteiger charge is 2.38. The van der Waals surface area contributed by atoms with Crippen LogP contribution in [0.4, 0.5) is 0 Å². The summed E-state index contributed by atoms with van der Waals surface area (Å²) in [6, 6.07) is 0. The quantitative estimate of drug-likeness (QED) is 0.920. The second kappa shape index (κ2) is 5.04. The van der Waals surface area contributed by atoms with Gasteiger partial charge in [-0.1, -0.05) is 6.42 Å². The van der Waals surface area contributed by atoms with Crippen LogP contribution in [-0.4, -0.2) is 23.0 Å². The number of nitrogens with zero attached hydrogens (tertiary/aromatic N) is 2. The molecule has 2 heterocycles. The van der Waals surface area contributed by atoms with E-state index in [0.717, 1.165) is 47.4 Å². The number of methoxy groups -OCH3 is 1. The first-order valence-corrected chi connectivity index (χ1v) is 8.42. The standard InChI is InChI=1S/C15H21N3OS/c1-19-14-13(18-4-5-20-15(18)17-14)9-16-8-12-7-10-2-3-11(12)6-10/h4-5,10-12,16H,2-3,6-9H2,1H3. The van der Waals surface area contributed by atoms with Gasteiger partial charge >= 0.3 is 0 Å². The van der Waals surface area contributed by atoms with E-state index in [9.17, 15) is 0 Å². The van der Waals surface area contributed by atoms with Crippen molar-refractivity contribution in [2.24, 2.45) is 17.8 Å². The van der Waals surface area contributed by atoms with Crippen LogP contribution in [0.3, 0.4) is 0 Å². The zero-order valence-corrected chi connectivity index (χ0v) is 12.7. The number of nitrogens with one attached hydrogen (secondary N) is 1. The minimum atomic E-state index is 0.761. The minimum absolute atomic E-state index is 0.761. The third kappa shape index (κ3) is 2.04. The van der Waals surface area contributed by atoms with E-state index in [1.54, 1.807) is 18.4 Å². The number of ether oxygens (including phenoxy) is 1. The molecular weight excluding hydrogens is 270 g/mol. The maximum atomic E-state index is 5.40. The number of hydrogen-bond acceptors (Lipinski definition) is 4. The van der Waals surface area contributed by atoms with Crippen molar-refractivity contribution < 1.29 is 4.74 Å². The van der Waals surface area contributed by atoms with Gasteiger partial charge in [0.05, 0.1) is 7.11 Å². The molecule has 0 saturated heterocycles. The van der Waals surface area contributed by atoms with Crippen LogP contribution in [0.25, 0.3) is 4.96 Å². The molecule has 2 aliphatic carbocycles. The molecule has 2 bridgehead atoms. The maximum absolute atomic E-state index is 5.40. The normalized spacial score (nSPS) is 28.6. The van der Waals surface area contributed by atoms with Crippen molar-refractivity contribution in [1.29, 1.82) is 0 Å². The molecule has 1 N–H and O–H groups in total. The van der Waals surface area contributed by atoms with E-state index in [1.165, 1.54) is 25.7 Å². The van der Waals surface area contributed by atoms with Crippen LogP contribution in [-0.2, 0) is 6.54 Å². The van der Waals surface area contributed by atoms with Gasteiger partial charge in [0.15, 0.2) is 4.96 Å². The summed E-state index contributed by atoms with van der Waals surface area (Å²) >= 11 is 1.65. The average molecular weight is 291 g/mol. The Hall–Kier alpha value is -1.07. The summed E-state index contributed by atoms with van der Waals surface area (Å²) in [5.74, 6) is 3.67. The third-order valence-corrected chi connectivity index (χ3v) is 5.86. The molecule has 20 heavy (non-hydrogen) atoms.